The van der Waals surface area contributed by atoms with Crippen molar-refractivity contribution in [1.29, 1.82) is 0 Å². The van der Waals surface area contributed by atoms with Crippen molar-refractivity contribution in [3.63, 3.8) is 0 Å². The number of β-lactam (4-membered cyclic amide) rings is 1. The Bertz CT molecular complexity index is 2140. The number of hydrogen-bond acceptors (Lipinski definition) is 11. The molecule has 0 spiro atoms. The van der Waals surface area contributed by atoms with Gasteiger partial charge in [0.15, 0.2) is 5.75 Å². The molecule has 1 aromatic heterocycles. The van der Waals surface area contributed by atoms with Gasteiger partial charge in [0.2, 0.25) is 5.88 Å². The first-order valence-corrected chi connectivity index (χ1v) is 18.8. The highest BCUT2D eigenvalue weighted by Crippen LogP contribution is 2.43. The molecule has 2 aliphatic heterocycles. The Morgan fingerprint density at radius 3 is 2.47 bits per heavy atom. The maximum absolute atomic E-state index is 13.8. The minimum atomic E-state index is -0.732. The first-order valence-electron chi connectivity index (χ1n) is 15.7. The van der Waals surface area contributed by atoms with E-state index in [1.807, 2.05) is 72.8 Å². The second-order valence-electron chi connectivity index (χ2n) is 11.3. The summed E-state index contributed by atoms with van der Waals surface area (Å²) in [5, 5.41) is 17.7. The van der Waals surface area contributed by atoms with E-state index in [0.717, 1.165) is 16.3 Å². The molecular formula is C37H29N5O6S3. The number of para-hydroxylation sites is 1. The van der Waals surface area contributed by atoms with Crippen LogP contribution in [0.3, 0.4) is 0 Å². The summed E-state index contributed by atoms with van der Waals surface area (Å²) >= 11 is 4.14. The fourth-order valence-corrected chi connectivity index (χ4v) is 8.46. The van der Waals surface area contributed by atoms with Gasteiger partial charge in [-0.05, 0) is 47.2 Å². The molecule has 1 fully saturated rings. The molecule has 11 nitrogen and oxygen atoms in total. The maximum atomic E-state index is 13.8. The van der Waals surface area contributed by atoms with Crippen LogP contribution in [0.2, 0.25) is 0 Å². The summed E-state index contributed by atoms with van der Waals surface area (Å²) in [5.74, 6) is 0.290. The molecule has 2 aliphatic rings. The van der Waals surface area contributed by atoms with Gasteiger partial charge in [0.05, 0.1) is 16.1 Å². The van der Waals surface area contributed by atoms with Gasteiger partial charge in [-0.15, -0.1) is 40.0 Å². The van der Waals surface area contributed by atoms with Crippen LogP contribution in [0.1, 0.15) is 20.0 Å². The van der Waals surface area contributed by atoms with Crippen LogP contribution in [-0.2, 0) is 14.3 Å². The van der Waals surface area contributed by atoms with Gasteiger partial charge in [-0.1, -0.05) is 66.7 Å². The molecule has 2 N–H and O–H groups in total. The number of carbonyl (C=O) groups is 4. The number of anilines is 1. The molecule has 0 bridgehead atoms. The van der Waals surface area contributed by atoms with Gasteiger partial charge in [0, 0.05) is 28.2 Å². The molecule has 3 heterocycles. The first kappa shape index (κ1) is 34.0. The number of benzene rings is 4. The van der Waals surface area contributed by atoms with E-state index < -0.39 is 11.4 Å². The number of thiophene rings is 1. The number of rotatable bonds is 13. The van der Waals surface area contributed by atoms with E-state index >= 15 is 0 Å². The normalized spacial score (nSPS) is 16.8. The molecule has 4 aromatic carbocycles. The van der Waals surface area contributed by atoms with Crippen LogP contribution < -0.4 is 15.4 Å². The summed E-state index contributed by atoms with van der Waals surface area (Å²) in [6.07, 6.45) is 0. The Morgan fingerprint density at radius 1 is 0.941 bits per heavy atom. The minimum Gasteiger partial charge on any atom is -0.480 e. The molecule has 3 amide bonds. The van der Waals surface area contributed by atoms with Crippen LogP contribution in [0.25, 0.3) is 10.8 Å². The number of azo groups is 1. The van der Waals surface area contributed by atoms with E-state index in [0.29, 0.717) is 39.9 Å². The van der Waals surface area contributed by atoms with Gasteiger partial charge in [0.1, 0.15) is 23.0 Å². The molecule has 0 radical (unpaired) electrons. The second-order valence-corrected chi connectivity index (χ2v) is 14.2. The Morgan fingerprint density at radius 2 is 1.71 bits per heavy atom. The SMILES string of the molecule is O=COC1=C(CSCOc2c(C(=O)Nc3ccccc3)cc3ccccc3c2N=Nc2ccccc2)CS[C@@H]2[C@@H](NC(=O)c3cccs3)C(=O)N12. The van der Waals surface area contributed by atoms with Gasteiger partial charge < -0.3 is 20.1 Å². The third-order valence-electron chi connectivity index (χ3n) is 8.02. The van der Waals surface area contributed by atoms with Gasteiger partial charge in [-0.25, -0.2) is 0 Å². The lowest BCUT2D eigenvalue weighted by Crippen LogP contribution is -2.70. The molecule has 7 rings (SSSR count). The average Bonchev–Trinajstić information content (AvgIpc) is 3.71. The van der Waals surface area contributed by atoms with Crippen LogP contribution in [0.4, 0.5) is 17.1 Å². The number of ether oxygens (including phenoxy) is 2. The highest BCUT2D eigenvalue weighted by Gasteiger charge is 2.53. The maximum Gasteiger partial charge on any atom is 0.299 e. The first-order chi connectivity index (χ1) is 25.0. The largest absolute Gasteiger partial charge is 0.480 e. The smallest absolute Gasteiger partial charge is 0.299 e. The highest BCUT2D eigenvalue weighted by molar-refractivity contribution is 8.01. The molecule has 0 saturated carbocycles. The summed E-state index contributed by atoms with van der Waals surface area (Å²) in [6, 6.07) is 30.5. The van der Waals surface area contributed by atoms with Crippen molar-refractivity contribution in [3.8, 4) is 5.75 Å². The topological polar surface area (TPSA) is 139 Å². The van der Waals surface area contributed by atoms with Crippen molar-refractivity contribution in [3.05, 3.63) is 130 Å². The van der Waals surface area contributed by atoms with Crippen LogP contribution in [0.15, 0.2) is 130 Å². The van der Waals surface area contributed by atoms with Gasteiger partial charge in [-0.2, -0.15) is 5.11 Å². The van der Waals surface area contributed by atoms with Crippen molar-refractivity contribution in [2.24, 2.45) is 10.2 Å². The molecule has 0 aliphatic carbocycles. The van der Waals surface area contributed by atoms with E-state index in [-0.39, 0.29) is 40.9 Å². The molecule has 14 heteroatoms. The zero-order chi connectivity index (χ0) is 35.2. The molecular weight excluding hydrogens is 707 g/mol. The van der Waals surface area contributed by atoms with Crippen molar-refractivity contribution < 1.29 is 28.7 Å². The van der Waals surface area contributed by atoms with E-state index in [2.05, 4.69) is 20.9 Å². The zero-order valence-corrected chi connectivity index (χ0v) is 29.2. The molecule has 1 saturated heterocycles. The summed E-state index contributed by atoms with van der Waals surface area (Å²) < 4.78 is 11.7. The standard InChI is InChI=1S/C37H29N5O6S3/c43-21-47-36-24(20-51-37-31(35(46)42(36)37)39-34(45)29-16-9-17-50-29)19-49-22-48-32-28(33(44)38-25-11-3-1-4-12-25)18-23-10-7-8-15-27(23)30(32)41-40-26-13-5-2-6-14-26/h1-18,21,31,37H,19-20,22H2,(H,38,44)(H,39,45)/t31-,37+/m0/s1. The zero-order valence-electron chi connectivity index (χ0n) is 26.8. The molecule has 5 aromatic rings. The minimum absolute atomic E-state index is 0.0945. The predicted octanol–water partition coefficient (Wildman–Crippen LogP) is 7.74. The van der Waals surface area contributed by atoms with Crippen LogP contribution in [0.5, 0.6) is 5.75 Å². The van der Waals surface area contributed by atoms with E-state index in [4.69, 9.17) is 9.47 Å². The van der Waals surface area contributed by atoms with Crippen LogP contribution >= 0.6 is 34.9 Å². The second kappa shape index (κ2) is 15.6. The fourth-order valence-electron chi connectivity index (χ4n) is 5.62. The van der Waals surface area contributed by atoms with Crippen molar-refractivity contribution in [2.75, 3.05) is 22.8 Å². The summed E-state index contributed by atoms with van der Waals surface area (Å²) in [5.41, 5.74) is 2.66. The number of fused-ring (bicyclic) bond motifs is 2. The van der Waals surface area contributed by atoms with Crippen LogP contribution in [-0.4, -0.2) is 58.0 Å². The van der Waals surface area contributed by atoms with Crippen LogP contribution in [0, 0.1) is 0 Å². The molecule has 0 unspecified atom stereocenters. The Labute approximate surface area is 305 Å². The van der Waals surface area contributed by atoms with E-state index in [9.17, 15) is 19.2 Å². The quantitative estimate of drug-likeness (QED) is 0.0412. The van der Waals surface area contributed by atoms with E-state index in [1.165, 1.54) is 39.8 Å². The molecule has 256 valence electrons. The lowest BCUT2D eigenvalue weighted by Gasteiger charge is -2.49. The number of thioether (sulfide) groups is 2. The summed E-state index contributed by atoms with van der Waals surface area (Å²) in [7, 11) is 0. The monoisotopic (exact) mass is 735 g/mol. The Hall–Kier alpha value is -5.44. The highest BCUT2D eigenvalue weighted by atomic mass is 32.2. The van der Waals surface area contributed by atoms with Gasteiger partial charge in [0.25, 0.3) is 24.2 Å². The third kappa shape index (κ3) is 7.38. The summed E-state index contributed by atoms with van der Waals surface area (Å²) in [4.78, 5) is 53.0. The van der Waals surface area contributed by atoms with Crippen molar-refractivity contribution in [1.82, 2.24) is 10.2 Å². The Kier molecular flexibility index (Phi) is 10.4. The van der Waals surface area contributed by atoms with E-state index in [1.54, 1.807) is 35.7 Å². The number of carbonyl (C=O) groups excluding carboxylic acids is 4. The molecule has 2 atom stereocenters. The number of amides is 3. The average molecular weight is 736 g/mol. The predicted molar refractivity (Wildman–Crippen MR) is 200 cm³/mol. The number of hydrogen-bond donors (Lipinski definition) is 2. The Balaban J connectivity index is 1.12. The molecule has 51 heavy (non-hydrogen) atoms. The van der Waals surface area contributed by atoms with Crippen molar-refractivity contribution >= 4 is 86.9 Å². The number of nitrogens with one attached hydrogen (secondary N) is 2. The van der Waals surface area contributed by atoms with Gasteiger partial charge >= 0.3 is 0 Å². The van der Waals surface area contributed by atoms with Crippen molar-refractivity contribution in [2.45, 2.75) is 11.4 Å². The number of nitrogens with zero attached hydrogens (tertiary/aromatic N) is 3. The third-order valence-corrected chi connectivity index (χ3v) is 11.1. The lowest BCUT2D eigenvalue weighted by atomic mass is 10.0. The van der Waals surface area contributed by atoms with Gasteiger partial charge in [-0.3, -0.25) is 24.1 Å². The summed E-state index contributed by atoms with van der Waals surface area (Å²) in [6.45, 7) is 0.297. The fraction of sp³-hybridized carbons (Fsp3) is 0.135. The lowest BCUT2D eigenvalue weighted by molar-refractivity contribution is -0.148.